The number of piperidine rings is 1. The number of aryl methyl sites for hydroxylation is 1. The van der Waals surface area contributed by atoms with Crippen molar-refractivity contribution in [3.05, 3.63) is 49.9 Å². The quantitative estimate of drug-likeness (QED) is 0.307. The van der Waals surface area contributed by atoms with E-state index < -0.39 is 0 Å². The molecule has 0 spiro atoms. The van der Waals surface area contributed by atoms with E-state index in [1.54, 1.807) is 24.3 Å². The molecule has 0 aliphatic carbocycles. The van der Waals surface area contributed by atoms with Gasteiger partial charge in [0.15, 0.2) is 0 Å². The molecule has 0 aromatic carbocycles. The fourth-order valence-electron chi connectivity index (χ4n) is 4.34. The van der Waals surface area contributed by atoms with Gasteiger partial charge in [0.05, 0.1) is 11.7 Å². The number of thiophene rings is 1. The molecule has 3 heterocycles. The molecule has 1 atom stereocenters. The van der Waals surface area contributed by atoms with Gasteiger partial charge in [-0.05, 0) is 81.0 Å². The van der Waals surface area contributed by atoms with Crippen LogP contribution >= 0.6 is 34.5 Å². The molecule has 0 bridgehead atoms. The monoisotopic (exact) mass is 555 g/mol. The number of nitrogens with one attached hydrogen (secondary N) is 2. The van der Waals surface area contributed by atoms with Crippen LogP contribution in [0.15, 0.2) is 22.9 Å². The third kappa shape index (κ3) is 8.05. The standard InChI is InChI=1S/C25H35Cl2N5O3S/c1-16(2)35-30-25(34)32(14-19-8-12-36-15-19)20-6-10-31(11-7-20)18(4)5-9-28-24(33)22-17(3)13-21(26)29-23(22)27/h8,12-13,15-16,18,20H,5-7,9-11,14H2,1-4H3,(H,28,33)(H,30,34). The van der Waals surface area contributed by atoms with Gasteiger partial charge in [0, 0.05) is 38.3 Å². The van der Waals surface area contributed by atoms with Gasteiger partial charge >= 0.3 is 6.03 Å². The van der Waals surface area contributed by atoms with Gasteiger partial charge < -0.3 is 15.1 Å². The normalized spacial score (nSPS) is 15.6. The molecule has 2 aromatic rings. The molecule has 11 heteroatoms. The molecule has 0 radical (unpaired) electrons. The Hall–Kier alpha value is -1.91. The largest absolute Gasteiger partial charge is 0.352 e. The summed E-state index contributed by atoms with van der Waals surface area (Å²) < 4.78 is 0. The van der Waals surface area contributed by atoms with Crippen molar-refractivity contribution in [3.63, 3.8) is 0 Å². The number of rotatable bonds is 10. The Kier molecular flexibility index (Phi) is 10.8. The molecule has 1 saturated heterocycles. The van der Waals surface area contributed by atoms with Crippen LogP contribution in [-0.4, -0.2) is 64.5 Å². The second-order valence-corrected chi connectivity index (χ2v) is 10.9. The van der Waals surface area contributed by atoms with Crippen LogP contribution in [0.5, 0.6) is 0 Å². The van der Waals surface area contributed by atoms with E-state index in [0.29, 0.717) is 24.2 Å². The number of carbonyl (C=O) groups excluding carboxylic acids is 2. The number of amides is 3. The smallest absolute Gasteiger partial charge is 0.341 e. The lowest BCUT2D eigenvalue weighted by Crippen LogP contribution is -2.52. The number of halogens is 2. The van der Waals surface area contributed by atoms with Crippen molar-refractivity contribution in [1.29, 1.82) is 0 Å². The third-order valence-electron chi connectivity index (χ3n) is 6.35. The van der Waals surface area contributed by atoms with E-state index in [-0.39, 0.29) is 40.4 Å². The van der Waals surface area contributed by atoms with Gasteiger partial charge in [0.25, 0.3) is 5.91 Å². The number of hydrogen-bond acceptors (Lipinski definition) is 6. The Morgan fingerprint density at radius 1 is 1.28 bits per heavy atom. The fourth-order valence-corrected chi connectivity index (χ4v) is 5.62. The highest BCUT2D eigenvalue weighted by Crippen LogP contribution is 2.23. The maximum atomic E-state index is 12.9. The van der Waals surface area contributed by atoms with Crippen LogP contribution in [0.2, 0.25) is 10.3 Å². The summed E-state index contributed by atoms with van der Waals surface area (Å²) in [6.07, 6.45) is 2.47. The lowest BCUT2D eigenvalue weighted by Gasteiger charge is -2.40. The molecule has 8 nitrogen and oxygen atoms in total. The van der Waals surface area contributed by atoms with Crippen LogP contribution < -0.4 is 10.8 Å². The van der Waals surface area contributed by atoms with Crippen molar-refractivity contribution in [3.8, 4) is 0 Å². The highest BCUT2D eigenvalue weighted by molar-refractivity contribution is 7.07. The summed E-state index contributed by atoms with van der Waals surface area (Å²) in [5, 5.41) is 7.43. The molecule has 1 fully saturated rings. The summed E-state index contributed by atoms with van der Waals surface area (Å²) in [4.78, 5) is 39.2. The minimum Gasteiger partial charge on any atom is -0.352 e. The second-order valence-electron chi connectivity index (χ2n) is 9.42. The van der Waals surface area contributed by atoms with Crippen molar-refractivity contribution in [2.75, 3.05) is 19.6 Å². The Balaban J connectivity index is 1.49. The number of hydrogen-bond donors (Lipinski definition) is 2. The number of urea groups is 1. The zero-order valence-electron chi connectivity index (χ0n) is 21.2. The van der Waals surface area contributed by atoms with Crippen LogP contribution in [0.4, 0.5) is 4.79 Å². The topological polar surface area (TPSA) is 86.8 Å². The number of pyridine rings is 1. The van der Waals surface area contributed by atoms with E-state index in [1.165, 1.54) is 0 Å². The fraction of sp³-hybridized carbons (Fsp3) is 0.560. The molecule has 2 aromatic heterocycles. The van der Waals surface area contributed by atoms with E-state index in [2.05, 4.69) is 39.1 Å². The van der Waals surface area contributed by atoms with Crippen LogP contribution in [-0.2, 0) is 11.4 Å². The van der Waals surface area contributed by atoms with Crippen molar-refractivity contribution >= 4 is 46.5 Å². The maximum absolute atomic E-state index is 12.9. The molecule has 2 N–H and O–H groups in total. The molecule has 36 heavy (non-hydrogen) atoms. The Labute approximate surface area is 227 Å². The minimum atomic E-state index is -0.244. The third-order valence-corrected chi connectivity index (χ3v) is 7.55. The summed E-state index contributed by atoms with van der Waals surface area (Å²) in [6, 6.07) is 3.90. The average Bonchev–Trinajstić information content (AvgIpc) is 3.34. The summed E-state index contributed by atoms with van der Waals surface area (Å²) in [5.74, 6) is -0.244. The summed E-state index contributed by atoms with van der Waals surface area (Å²) >= 11 is 13.7. The highest BCUT2D eigenvalue weighted by atomic mass is 35.5. The number of hydroxylamine groups is 1. The first-order valence-corrected chi connectivity index (χ1v) is 13.9. The molecule has 198 valence electrons. The first kappa shape index (κ1) is 28.7. The van der Waals surface area contributed by atoms with Crippen LogP contribution in [0.3, 0.4) is 0 Å². The Morgan fingerprint density at radius 3 is 2.61 bits per heavy atom. The van der Waals surface area contributed by atoms with Gasteiger partial charge in [-0.15, -0.1) is 0 Å². The van der Waals surface area contributed by atoms with Crippen LogP contribution in [0.25, 0.3) is 0 Å². The second kappa shape index (κ2) is 13.6. The first-order chi connectivity index (χ1) is 17.2. The van der Waals surface area contributed by atoms with Crippen molar-refractivity contribution < 1.29 is 14.4 Å². The van der Waals surface area contributed by atoms with Gasteiger partial charge in [0.2, 0.25) is 0 Å². The molecule has 0 saturated carbocycles. The molecular formula is C25H35Cl2N5O3S. The summed E-state index contributed by atoms with van der Waals surface area (Å²) in [7, 11) is 0. The van der Waals surface area contributed by atoms with Gasteiger partial charge in [0.1, 0.15) is 10.3 Å². The first-order valence-electron chi connectivity index (χ1n) is 12.2. The van der Waals surface area contributed by atoms with E-state index in [0.717, 1.165) is 37.9 Å². The predicted octanol–water partition coefficient (Wildman–Crippen LogP) is 5.28. The van der Waals surface area contributed by atoms with Crippen molar-refractivity contribution in [1.82, 2.24) is 25.6 Å². The Morgan fingerprint density at radius 2 is 2.00 bits per heavy atom. The number of nitrogens with zero attached hydrogens (tertiary/aromatic N) is 3. The molecule has 1 unspecified atom stereocenters. The zero-order valence-corrected chi connectivity index (χ0v) is 23.6. The van der Waals surface area contributed by atoms with Gasteiger partial charge in [-0.1, -0.05) is 23.2 Å². The summed E-state index contributed by atoms with van der Waals surface area (Å²) in [5.41, 5.74) is 4.78. The predicted molar refractivity (Wildman–Crippen MR) is 145 cm³/mol. The Bertz CT molecular complexity index is 990. The van der Waals surface area contributed by atoms with E-state index in [4.69, 9.17) is 28.0 Å². The molecule has 1 aliphatic heterocycles. The molecule has 3 amide bonds. The average molecular weight is 557 g/mol. The zero-order chi connectivity index (χ0) is 26.2. The highest BCUT2D eigenvalue weighted by Gasteiger charge is 2.30. The van der Waals surface area contributed by atoms with Gasteiger partial charge in [-0.3, -0.25) is 9.63 Å². The van der Waals surface area contributed by atoms with E-state index >= 15 is 0 Å². The molecular weight excluding hydrogens is 521 g/mol. The van der Waals surface area contributed by atoms with Gasteiger partial charge in [-0.2, -0.15) is 11.3 Å². The number of carbonyl (C=O) groups is 2. The SMILES string of the molecule is Cc1cc(Cl)nc(Cl)c1C(=O)NCCC(C)N1CCC(N(Cc2ccsc2)C(=O)NOC(C)C)CC1. The van der Waals surface area contributed by atoms with Crippen molar-refractivity contribution in [2.24, 2.45) is 0 Å². The molecule has 1 aliphatic rings. The van der Waals surface area contributed by atoms with Crippen LogP contribution in [0.1, 0.15) is 61.5 Å². The van der Waals surface area contributed by atoms with Crippen molar-refractivity contribution in [2.45, 2.75) is 71.7 Å². The lowest BCUT2D eigenvalue weighted by atomic mass is 10.0. The number of aromatic nitrogens is 1. The van der Waals surface area contributed by atoms with Crippen LogP contribution in [0, 0.1) is 6.92 Å². The number of likely N-dealkylation sites (tertiary alicyclic amines) is 1. The lowest BCUT2D eigenvalue weighted by molar-refractivity contribution is -0.00159. The molecule has 3 rings (SSSR count). The van der Waals surface area contributed by atoms with E-state index in [9.17, 15) is 9.59 Å². The van der Waals surface area contributed by atoms with E-state index in [1.807, 2.05) is 24.1 Å². The van der Waals surface area contributed by atoms with Gasteiger partial charge in [-0.25, -0.2) is 15.3 Å². The maximum Gasteiger partial charge on any atom is 0.341 e. The summed E-state index contributed by atoms with van der Waals surface area (Å²) in [6.45, 7) is 10.6. The minimum absolute atomic E-state index is 0.0870.